The van der Waals surface area contributed by atoms with E-state index < -0.39 is 0 Å². The van der Waals surface area contributed by atoms with Crippen molar-refractivity contribution in [2.24, 2.45) is 0 Å². The Morgan fingerprint density at radius 3 is 2.76 bits per heavy atom. The molecule has 0 aromatic rings. The Balaban J connectivity index is 2.05. The van der Waals surface area contributed by atoms with Gasteiger partial charge in [0.25, 0.3) is 0 Å². The Bertz CT molecular complexity index is 215. The lowest BCUT2D eigenvalue weighted by atomic mass is 10.2. The highest BCUT2D eigenvalue weighted by molar-refractivity contribution is 5.81. The van der Waals surface area contributed by atoms with E-state index in [4.69, 9.17) is 4.74 Å². The van der Waals surface area contributed by atoms with Gasteiger partial charge in [-0.05, 0) is 39.7 Å². The second kappa shape index (κ2) is 8.48. The Hall–Kier alpha value is -0.610. The first-order valence-electron chi connectivity index (χ1n) is 6.85. The van der Waals surface area contributed by atoms with Crippen LogP contribution in [0.15, 0.2) is 0 Å². The number of rotatable bonds is 8. The molecule has 1 aliphatic rings. The normalized spacial score (nSPS) is 18.2. The molecule has 1 unspecified atom stereocenters. The minimum absolute atomic E-state index is 0.0998. The zero-order valence-electron chi connectivity index (χ0n) is 11.1. The van der Waals surface area contributed by atoms with Crippen molar-refractivity contribution < 1.29 is 9.53 Å². The van der Waals surface area contributed by atoms with Crippen LogP contribution in [0.3, 0.4) is 0 Å². The van der Waals surface area contributed by atoms with Gasteiger partial charge in [-0.1, -0.05) is 12.8 Å². The molecule has 0 radical (unpaired) electrons. The molecule has 4 heteroatoms. The molecule has 17 heavy (non-hydrogen) atoms. The van der Waals surface area contributed by atoms with Crippen molar-refractivity contribution >= 4 is 5.91 Å². The first kappa shape index (κ1) is 14.5. The SMILES string of the molecule is CCOCCCNC(C)C(=O)NC1CCCC1. The van der Waals surface area contributed by atoms with E-state index in [1.165, 1.54) is 12.8 Å². The van der Waals surface area contributed by atoms with Crippen molar-refractivity contribution in [2.75, 3.05) is 19.8 Å². The molecule has 0 heterocycles. The van der Waals surface area contributed by atoms with E-state index in [-0.39, 0.29) is 11.9 Å². The quantitative estimate of drug-likeness (QED) is 0.633. The van der Waals surface area contributed by atoms with Gasteiger partial charge in [-0.15, -0.1) is 0 Å². The highest BCUT2D eigenvalue weighted by Gasteiger charge is 2.19. The van der Waals surface area contributed by atoms with Crippen LogP contribution in [0.5, 0.6) is 0 Å². The van der Waals surface area contributed by atoms with Crippen LogP contribution < -0.4 is 10.6 Å². The lowest BCUT2D eigenvalue weighted by Crippen LogP contribution is -2.45. The first-order valence-corrected chi connectivity index (χ1v) is 6.85. The van der Waals surface area contributed by atoms with Crippen LogP contribution in [-0.2, 0) is 9.53 Å². The van der Waals surface area contributed by atoms with Crippen molar-refractivity contribution in [3.8, 4) is 0 Å². The summed E-state index contributed by atoms with van der Waals surface area (Å²) in [4.78, 5) is 11.8. The Kier molecular flexibility index (Phi) is 7.21. The molecule has 0 aromatic heterocycles. The molecule has 1 aliphatic carbocycles. The summed E-state index contributed by atoms with van der Waals surface area (Å²) in [5, 5.41) is 6.32. The number of ether oxygens (including phenoxy) is 1. The Morgan fingerprint density at radius 1 is 1.41 bits per heavy atom. The third-order valence-electron chi connectivity index (χ3n) is 3.21. The lowest BCUT2D eigenvalue weighted by molar-refractivity contribution is -0.123. The fourth-order valence-electron chi connectivity index (χ4n) is 2.13. The average molecular weight is 242 g/mol. The molecule has 0 spiro atoms. The monoisotopic (exact) mass is 242 g/mol. The van der Waals surface area contributed by atoms with Gasteiger partial charge in [-0.25, -0.2) is 0 Å². The molecule has 2 N–H and O–H groups in total. The summed E-state index contributed by atoms with van der Waals surface area (Å²) in [7, 11) is 0. The highest BCUT2D eigenvalue weighted by Crippen LogP contribution is 2.17. The average Bonchev–Trinajstić information content (AvgIpc) is 2.81. The van der Waals surface area contributed by atoms with Crippen molar-refractivity contribution in [3.05, 3.63) is 0 Å². The van der Waals surface area contributed by atoms with Gasteiger partial charge in [0.1, 0.15) is 0 Å². The summed E-state index contributed by atoms with van der Waals surface area (Å²) >= 11 is 0. The number of hydrogen-bond donors (Lipinski definition) is 2. The van der Waals surface area contributed by atoms with Crippen molar-refractivity contribution in [1.29, 1.82) is 0 Å². The summed E-state index contributed by atoms with van der Waals surface area (Å²) in [6.07, 6.45) is 5.74. The number of nitrogens with one attached hydrogen (secondary N) is 2. The smallest absolute Gasteiger partial charge is 0.237 e. The third-order valence-corrected chi connectivity index (χ3v) is 3.21. The third kappa shape index (κ3) is 6.03. The van der Waals surface area contributed by atoms with Crippen LogP contribution in [0.2, 0.25) is 0 Å². The van der Waals surface area contributed by atoms with Crippen molar-refractivity contribution in [2.45, 2.75) is 58.0 Å². The minimum Gasteiger partial charge on any atom is -0.382 e. The second-order valence-corrected chi connectivity index (χ2v) is 4.72. The number of carbonyl (C=O) groups excluding carboxylic acids is 1. The van der Waals surface area contributed by atoms with E-state index >= 15 is 0 Å². The maximum atomic E-state index is 11.8. The van der Waals surface area contributed by atoms with Gasteiger partial charge in [0, 0.05) is 19.3 Å². The molecule has 1 amide bonds. The van der Waals surface area contributed by atoms with E-state index in [9.17, 15) is 4.79 Å². The summed E-state index contributed by atoms with van der Waals surface area (Å²) in [5.41, 5.74) is 0. The molecule has 1 atom stereocenters. The predicted octanol–water partition coefficient (Wildman–Crippen LogP) is 1.45. The van der Waals surface area contributed by atoms with Crippen LogP contribution in [0.25, 0.3) is 0 Å². The molecule has 0 bridgehead atoms. The Labute approximate surface area is 104 Å². The summed E-state index contributed by atoms with van der Waals surface area (Å²) < 4.78 is 5.24. The second-order valence-electron chi connectivity index (χ2n) is 4.72. The molecule has 0 saturated heterocycles. The van der Waals surface area contributed by atoms with Crippen LogP contribution in [0.4, 0.5) is 0 Å². The summed E-state index contributed by atoms with van der Waals surface area (Å²) in [5.74, 6) is 0.133. The van der Waals surface area contributed by atoms with Gasteiger partial charge in [0.15, 0.2) is 0 Å². The van der Waals surface area contributed by atoms with E-state index in [1.54, 1.807) is 0 Å². The van der Waals surface area contributed by atoms with E-state index in [2.05, 4.69) is 10.6 Å². The molecular weight excluding hydrogens is 216 g/mol. The maximum Gasteiger partial charge on any atom is 0.237 e. The maximum absolute atomic E-state index is 11.8. The largest absolute Gasteiger partial charge is 0.382 e. The van der Waals surface area contributed by atoms with Crippen LogP contribution in [0, 0.1) is 0 Å². The van der Waals surface area contributed by atoms with Gasteiger partial charge in [0.2, 0.25) is 5.91 Å². The number of hydrogen-bond acceptors (Lipinski definition) is 3. The van der Waals surface area contributed by atoms with E-state index in [0.29, 0.717) is 6.04 Å². The van der Waals surface area contributed by atoms with Crippen LogP contribution in [0.1, 0.15) is 46.0 Å². The standard InChI is InChI=1S/C13H26N2O2/c1-3-17-10-6-9-14-11(2)13(16)15-12-7-4-5-8-12/h11-12,14H,3-10H2,1-2H3,(H,15,16). The molecule has 100 valence electrons. The van der Waals surface area contributed by atoms with Gasteiger partial charge >= 0.3 is 0 Å². The van der Waals surface area contributed by atoms with Gasteiger partial charge < -0.3 is 15.4 Å². The molecular formula is C13H26N2O2. The fraction of sp³-hybridized carbons (Fsp3) is 0.923. The lowest BCUT2D eigenvalue weighted by Gasteiger charge is -2.17. The molecule has 1 fully saturated rings. The molecule has 0 aromatic carbocycles. The molecule has 1 saturated carbocycles. The predicted molar refractivity (Wildman–Crippen MR) is 69.0 cm³/mol. The van der Waals surface area contributed by atoms with Crippen molar-refractivity contribution in [1.82, 2.24) is 10.6 Å². The molecule has 1 rings (SSSR count). The number of carbonyl (C=O) groups is 1. The van der Waals surface area contributed by atoms with Crippen LogP contribution in [-0.4, -0.2) is 37.7 Å². The zero-order valence-corrected chi connectivity index (χ0v) is 11.1. The van der Waals surface area contributed by atoms with Gasteiger partial charge in [-0.3, -0.25) is 4.79 Å². The van der Waals surface area contributed by atoms with Crippen LogP contribution >= 0.6 is 0 Å². The minimum atomic E-state index is -0.0998. The first-order chi connectivity index (χ1) is 8.24. The van der Waals surface area contributed by atoms with Crippen molar-refractivity contribution in [3.63, 3.8) is 0 Å². The summed E-state index contributed by atoms with van der Waals surface area (Å²) in [6, 6.07) is 0.312. The van der Waals surface area contributed by atoms with Gasteiger partial charge in [0.05, 0.1) is 6.04 Å². The van der Waals surface area contributed by atoms with E-state index in [0.717, 1.165) is 39.0 Å². The number of amides is 1. The zero-order chi connectivity index (χ0) is 12.5. The van der Waals surface area contributed by atoms with Gasteiger partial charge in [-0.2, -0.15) is 0 Å². The highest BCUT2D eigenvalue weighted by atomic mass is 16.5. The molecule has 4 nitrogen and oxygen atoms in total. The van der Waals surface area contributed by atoms with E-state index in [1.807, 2.05) is 13.8 Å². The summed E-state index contributed by atoms with van der Waals surface area (Å²) in [6.45, 7) is 6.27. The fourth-order valence-corrected chi connectivity index (χ4v) is 2.13. The topological polar surface area (TPSA) is 50.4 Å². The molecule has 0 aliphatic heterocycles. The Morgan fingerprint density at radius 2 is 2.12 bits per heavy atom.